The third-order valence-electron chi connectivity index (χ3n) is 16.2. The van der Waals surface area contributed by atoms with Crippen molar-refractivity contribution in [1.82, 2.24) is 21.3 Å². The number of hydrogen-bond acceptors (Lipinski definition) is 36. The van der Waals surface area contributed by atoms with Gasteiger partial charge in [-0.1, -0.05) is 0 Å². The predicted molar refractivity (Wildman–Crippen MR) is 278 cm³/mol. The molecule has 0 aromatic heterocycles. The van der Waals surface area contributed by atoms with Crippen LogP contribution in [0, 0.1) is 0 Å². The van der Waals surface area contributed by atoms with E-state index in [-0.39, 0.29) is 0 Å². The molecule has 0 aliphatic carbocycles. The zero-order valence-corrected chi connectivity index (χ0v) is 48.6. The van der Waals surface area contributed by atoms with Gasteiger partial charge in [0.15, 0.2) is 44.0 Å². The molecule has 0 saturated carbocycles. The summed E-state index contributed by atoms with van der Waals surface area (Å²) in [6.07, 6.45) is -60.0. The average molecular weight is 1320 g/mol. The molecule has 40 nitrogen and oxygen atoms in total. The van der Waals surface area contributed by atoms with Crippen LogP contribution in [0.5, 0.6) is 0 Å². The minimum Gasteiger partial charge on any atom is -0.394 e. The van der Waals surface area contributed by atoms with Gasteiger partial charge in [-0.3, -0.25) is 19.2 Å². The van der Waals surface area contributed by atoms with E-state index in [0.29, 0.717) is 0 Å². The van der Waals surface area contributed by atoms with Crippen LogP contribution >= 0.6 is 0 Å². The Bertz CT molecular complexity index is 2310. The Balaban J connectivity index is 1.08. The van der Waals surface area contributed by atoms with Crippen LogP contribution in [-0.2, 0) is 80.8 Å². The average Bonchev–Trinajstić information content (AvgIpc) is 0.828. The molecule has 0 spiro atoms. The maximum Gasteiger partial charge on any atom is 0.217 e. The van der Waals surface area contributed by atoms with Crippen molar-refractivity contribution in [1.29, 1.82) is 0 Å². The zero-order chi connectivity index (χ0) is 66.5. The zero-order valence-electron chi connectivity index (χ0n) is 48.6. The van der Waals surface area contributed by atoms with Crippen LogP contribution < -0.4 is 21.3 Å². The fourth-order valence-electron chi connectivity index (χ4n) is 11.6. The normalized spacial score (nSPS) is 47.6. The number of nitrogens with one attached hydrogen (secondary N) is 4. The molecule has 7 heterocycles. The van der Waals surface area contributed by atoms with E-state index in [4.69, 9.17) is 61.6 Å². The smallest absolute Gasteiger partial charge is 0.217 e. The van der Waals surface area contributed by atoms with Gasteiger partial charge in [-0.2, -0.15) is 0 Å². The minimum absolute atomic E-state index is 0.728. The minimum atomic E-state index is -2.29. The second kappa shape index (κ2) is 32.4. The second-order valence-electron chi connectivity index (χ2n) is 22.5. The summed E-state index contributed by atoms with van der Waals surface area (Å²) in [5.41, 5.74) is 0. The van der Waals surface area contributed by atoms with E-state index in [0.717, 1.165) is 27.7 Å². The van der Waals surface area contributed by atoms with Gasteiger partial charge in [0.2, 0.25) is 23.6 Å². The van der Waals surface area contributed by atoms with Gasteiger partial charge in [-0.15, -0.1) is 0 Å². The summed E-state index contributed by atoms with van der Waals surface area (Å²) < 4.78 is 75.3. The highest BCUT2D eigenvalue weighted by atomic mass is 16.8. The standard InChI is InChI=1S/C50H84N4O36/c1-12(62)51-23-32(71)38(20(9-59)78-44(23)77)85-48-36(75)42(29(68)18(7-57)80-48)89-46-25(53-14(3)64)34(73)40(22(11-61)83-46)87-50-37(76)43(30(69)19(8-58)82-50)90-47-26(54-15(4)65)33(72)39(21(10-60)84-47)86-49-35(74)41(28(67)17(6-56)81-49)88-45-24(52-13(2)63)31(70)27(66)16(5-55)79-45/h16-50,55-61,66-77H,5-11H2,1-4H3,(H,51,62)(H,52,63)(H,53,64)(H,54,65)/t16-,17-,18-,19-,20-,21-,22-,23-,24-,25-,26-,27-,28+,29+,30+,31-,32-,33-,34-,35-,36-,37-,38-,39-,40-,41-,42+,43+,44?,45+,46+,47+,48+,49+,50+/m1/s1. The number of ether oxygens (including phenoxy) is 13. The Labute approximate surface area is 510 Å². The van der Waals surface area contributed by atoms with Gasteiger partial charge in [-0.25, -0.2) is 0 Å². The van der Waals surface area contributed by atoms with Crippen LogP contribution in [0.25, 0.3) is 0 Å². The quantitative estimate of drug-likeness (QED) is 0.0452. The molecular weight excluding hydrogens is 1230 g/mol. The lowest BCUT2D eigenvalue weighted by molar-refractivity contribution is -0.387. The molecule has 7 rings (SSSR count). The Morgan fingerprint density at radius 3 is 0.778 bits per heavy atom. The van der Waals surface area contributed by atoms with Crippen LogP contribution in [-0.4, -0.2) is 382 Å². The summed E-state index contributed by atoms with van der Waals surface area (Å²) >= 11 is 0. The van der Waals surface area contributed by atoms with Crippen LogP contribution in [0.15, 0.2) is 0 Å². The highest BCUT2D eigenvalue weighted by Gasteiger charge is 2.59. The largest absolute Gasteiger partial charge is 0.394 e. The van der Waals surface area contributed by atoms with Crippen molar-refractivity contribution in [2.75, 3.05) is 46.2 Å². The monoisotopic (exact) mass is 1320 g/mol. The molecule has 7 saturated heterocycles. The summed E-state index contributed by atoms with van der Waals surface area (Å²) in [7, 11) is 0. The third kappa shape index (κ3) is 16.3. The van der Waals surface area contributed by atoms with Crippen LogP contribution in [0.1, 0.15) is 27.7 Å². The molecule has 90 heavy (non-hydrogen) atoms. The molecule has 40 heteroatoms. The van der Waals surface area contributed by atoms with Gasteiger partial charge in [-0.05, 0) is 0 Å². The SMILES string of the molecule is CC(=O)N[C@H]1[C@H](O[C@H]2[C@@H](O)[C@@H](CO)O[C@@H](O[C@H]3[C@H](O)[C@@H](NC(C)=O)[C@H](O[C@H]4[C@@H](O)[C@@H](CO)O[C@@H](O[C@H]5[C@H](O)[C@@H](NC(C)=O)C(O)O[C@@H]5CO)[C@@H]4O)O[C@@H]3CO)[C@@H]2O)O[C@H](CO)[C@@H](O[C@@H]2O[C@H](CO)[C@H](O)[C@@H](O[C@@H]3O[C@H](CO)[C@@H](O)[C@H](O)[C@H]3NC(C)=O)[C@H]2O)[C@@H]1O. The number of amides is 4. The predicted octanol–water partition coefficient (Wildman–Crippen LogP) is -15.7. The molecule has 0 aromatic carbocycles. The van der Waals surface area contributed by atoms with E-state index in [1.54, 1.807) is 0 Å². The first-order valence-corrected chi connectivity index (χ1v) is 28.6. The van der Waals surface area contributed by atoms with Crippen molar-refractivity contribution in [3.63, 3.8) is 0 Å². The number of aliphatic hydroxyl groups is 19. The molecule has 35 atom stereocenters. The summed E-state index contributed by atoms with van der Waals surface area (Å²) in [6.45, 7) is -3.05. The van der Waals surface area contributed by atoms with E-state index in [1.807, 2.05) is 0 Å². The number of hydrogen-bond donors (Lipinski definition) is 23. The van der Waals surface area contributed by atoms with E-state index >= 15 is 0 Å². The molecule has 0 radical (unpaired) electrons. The van der Waals surface area contributed by atoms with Crippen molar-refractivity contribution < 1.29 is 178 Å². The molecule has 7 aliphatic heterocycles. The van der Waals surface area contributed by atoms with Crippen LogP contribution in [0.3, 0.4) is 0 Å². The van der Waals surface area contributed by atoms with Crippen molar-refractivity contribution >= 4 is 23.6 Å². The number of rotatable bonds is 23. The summed E-state index contributed by atoms with van der Waals surface area (Å²) in [5.74, 6) is -3.28. The summed E-state index contributed by atoms with van der Waals surface area (Å²) in [6, 6.07) is -6.87. The van der Waals surface area contributed by atoms with E-state index in [2.05, 4.69) is 21.3 Å². The van der Waals surface area contributed by atoms with Gasteiger partial charge in [0.1, 0.15) is 171 Å². The molecule has 4 amide bonds. The number of carbonyl (C=O) groups is 4. The lowest BCUT2D eigenvalue weighted by atomic mass is 9.93. The Kier molecular flexibility index (Phi) is 26.6. The maximum atomic E-state index is 12.8. The van der Waals surface area contributed by atoms with Crippen molar-refractivity contribution in [2.45, 2.75) is 242 Å². The van der Waals surface area contributed by atoms with Crippen LogP contribution in [0.4, 0.5) is 0 Å². The maximum absolute atomic E-state index is 12.8. The molecule has 7 aliphatic rings. The van der Waals surface area contributed by atoms with E-state index in [9.17, 15) is 116 Å². The molecule has 520 valence electrons. The summed E-state index contributed by atoms with van der Waals surface area (Å²) in [5, 5.41) is 218. The fraction of sp³-hybridized carbons (Fsp3) is 0.920. The van der Waals surface area contributed by atoms with Crippen LogP contribution in [0.2, 0.25) is 0 Å². The van der Waals surface area contributed by atoms with Crippen molar-refractivity contribution in [3.8, 4) is 0 Å². The lowest BCUT2D eigenvalue weighted by Gasteiger charge is -2.51. The van der Waals surface area contributed by atoms with Gasteiger partial charge < -0.3 is 180 Å². The first-order chi connectivity index (χ1) is 42.6. The van der Waals surface area contributed by atoms with E-state index < -0.39 is 285 Å². The van der Waals surface area contributed by atoms with Gasteiger partial charge >= 0.3 is 0 Å². The fourth-order valence-corrected chi connectivity index (χ4v) is 11.6. The highest BCUT2D eigenvalue weighted by molar-refractivity contribution is 5.74. The topological polar surface area (TPSA) is 621 Å². The highest BCUT2D eigenvalue weighted by Crippen LogP contribution is 2.38. The Morgan fingerprint density at radius 1 is 0.267 bits per heavy atom. The first-order valence-electron chi connectivity index (χ1n) is 28.6. The Hall–Kier alpha value is -3.40. The van der Waals surface area contributed by atoms with Gasteiger partial charge in [0.25, 0.3) is 0 Å². The molecule has 0 bridgehead atoms. The second-order valence-corrected chi connectivity index (χ2v) is 22.5. The van der Waals surface area contributed by atoms with E-state index in [1.165, 1.54) is 0 Å². The van der Waals surface area contributed by atoms with Gasteiger partial charge in [0, 0.05) is 27.7 Å². The molecule has 0 aromatic rings. The lowest BCUT2D eigenvalue weighted by Crippen LogP contribution is -2.71. The third-order valence-corrected chi connectivity index (χ3v) is 16.2. The number of aliphatic hydroxyl groups excluding tert-OH is 19. The summed E-state index contributed by atoms with van der Waals surface area (Å²) in [4.78, 5) is 49.5. The number of carbonyl (C=O) groups excluding carboxylic acids is 4. The van der Waals surface area contributed by atoms with Gasteiger partial charge in [0.05, 0.1) is 46.2 Å². The molecule has 7 fully saturated rings. The van der Waals surface area contributed by atoms with Crippen molar-refractivity contribution in [2.24, 2.45) is 0 Å². The first kappa shape index (κ1) is 74.0. The molecule has 1 unspecified atom stereocenters. The Morgan fingerprint density at radius 2 is 0.489 bits per heavy atom. The molecular formula is C50H84N4O36. The van der Waals surface area contributed by atoms with Crippen molar-refractivity contribution in [3.05, 3.63) is 0 Å². The molecule has 23 N–H and O–H groups in total.